The van der Waals surface area contributed by atoms with Gasteiger partial charge in [-0.3, -0.25) is 0 Å². The molecule has 0 aliphatic heterocycles. The molecule has 0 aliphatic rings. The molecule has 0 radical (unpaired) electrons. The Bertz CT molecular complexity index is 488. The maximum Gasteiger partial charge on any atom is 0.137 e. The van der Waals surface area contributed by atoms with Crippen LogP contribution in [-0.2, 0) is 6.42 Å². The third-order valence-electron chi connectivity index (χ3n) is 2.59. The van der Waals surface area contributed by atoms with E-state index >= 15 is 0 Å². The fourth-order valence-electron chi connectivity index (χ4n) is 1.81. The molecule has 0 aliphatic carbocycles. The zero-order chi connectivity index (χ0) is 11.0. The van der Waals surface area contributed by atoms with E-state index in [9.17, 15) is 4.39 Å². The summed E-state index contributed by atoms with van der Waals surface area (Å²) in [4.78, 5) is 0. The van der Waals surface area contributed by atoms with Gasteiger partial charge in [0.15, 0.2) is 0 Å². The van der Waals surface area contributed by atoms with E-state index in [-0.39, 0.29) is 11.9 Å². The molecule has 0 saturated heterocycles. The standard InChI is InChI=1S/C12H14FNO/c1-7(14)5-10-8(2)11(13)6-9-3-4-15-12(9)10/h3-4,6-7H,5,14H2,1-2H3. The van der Waals surface area contributed by atoms with Crippen molar-refractivity contribution in [2.24, 2.45) is 5.73 Å². The molecule has 1 atom stereocenters. The molecule has 0 fully saturated rings. The molecule has 1 aromatic carbocycles. The van der Waals surface area contributed by atoms with Gasteiger partial charge in [0.2, 0.25) is 0 Å². The van der Waals surface area contributed by atoms with Crippen LogP contribution in [0.5, 0.6) is 0 Å². The number of halogens is 1. The molecule has 2 N–H and O–H groups in total. The van der Waals surface area contributed by atoms with E-state index in [1.807, 2.05) is 6.92 Å². The van der Waals surface area contributed by atoms with Crippen LogP contribution in [0.25, 0.3) is 11.0 Å². The Morgan fingerprint density at radius 2 is 2.27 bits per heavy atom. The lowest BCUT2D eigenvalue weighted by Gasteiger charge is -2.10. The summed E-state index contributed by atoms with van der Waals surface area (Å²) in [6.45, 7) is 3.66. The number of rotatable bonds is 2. The lowest BCUT2D eigenvalue weighted by Crippen LogP contribution is -2.18. The van der Waals surface area contributed by atoms with E-state index in [0.29, 0.717) is 12.0 Å². The molecule has 1 heterocycles. The summed E-state index contributed by atoms with van der Waals surface area (Å²) in [7, 11) is 0. The topological polar surface area (TPSA) is 39.2 Å². The molecular formula is C12H14FNO. The van der Waals surface area contributed by atoms with Gasteiger partial charge in [-0.25, -0.2) is 4.39 Å². The quantitative estimate of drug-likeness (QED) is 0.822. The van der Waals surface area contributed by atoms with Crippen LogP contribution in [0.15, 0.2) is 22.8 Å². The Morgan fingerprint density at radius 3 is 2.93 bits per heavy atom. The summed E-state index contributed by atoms with van der Waals surface area (Å²) in [6, 6.07) is 3.26. The van der Waals surface area contributed by atoms with Crippen molar-refractivity contribution < 1.29 is 8.81 Å². The van der Waals surface area contributed by atoms with Crippen LogP contribution in [0.2, 0.25) is 0 Å². The Labute approximate surface area is 87.9 Å². The van der Waals surface area contributed by atoms with Crippen molar-refractivity contribution in [1.29, 1.82) is 0 Å². The number of benzene rings is 1. The van der Waals surface area contributed by atoms with Crippen molar-refractivity contribution in [3.05, 3.63) is 35.3 Å². The van der Waals surface area contributed by atoms with Gasteiger partial charge in [0, 0.05) is 17.0 Å². The minimum Gasteiger partial charge on any atom is -0.464 e. The molecule has 2 aromatic rings. The van der Waals surface area contributed by atoms with E-state index in [0.717, 1.165) is 16.5 Å². The largest absolute Gasteiger partial charge is 0.464 e. The molecule has 2 rings (SSSR count). The number of hydrogen-bond donors (Lipinski definition) is 1. The van der Waals surface area contributed by atoms with Crippen LogP contribution in [0.4, 0.5) is 4.39 Å². The number of furan rings is 1. The van der Waals surface area contributed by atoms with Crippen molar-refractivity contribution in [2.45, 2.75) is 26.3 Å². The van der Waals surface area contributed by atoms with E-state index < -0.39 is 0 Å². The molecule has 80 valence electrons. The maximum atomic E-state index is 13.6. The second-order valence-electron chi connectivity index (χ2n) is 3.98. The normalized spacial score (nSPS) is 13.3. The molecule has 3 heteroatoms. The highest BCUT2D eigenvalue weighted by molar-refractivity contribution is 5.81. The second kappa shape index (κ2) is 3.66. The molecular weight excluding hydrogens is 193 g/mol. The monoisotopic (exact) mass is 207 g/mol. The summed E-state index contributed by atoms with van der Waals surface area (Å²) >= 11 is 0. The summed E-state index contributed by atoms with van der Waals surface area (Å²) in [5, 5.41) is 0.800. The van der Waals surface area contributed by atoms with Gasteiger partial charge < -0.3 is 10.2 Å². The van der Waals surface area contributed by atoms with Gasteiger partial charge in [-0.15, -0.1) is 0 Å². The van der Waals surface area contributed by atoms with Gasteiger partial charge in [0.1, 0.15) is 11.4 Å². The first-order valence-electron chi connectivity index (χ1n) is 5.00. The van der Waals surface area contributed by atoms with Gasteiger partial charge in [-0.05, 0) is 38.0 Å². The zero-order valence-electron chi connectivity index (χ0n) is 8.88. The smallest absolute Gasteiger partial charge is 0.137 e. The van der Waals surface area contributed by atoms with E-state index in [1.54, 1.807) is 19.3 Å². The molecule has 0 saturated carbocycles. The highest BCUT2D eigenvalue weighted by Gasteiger charge is 2.13. The van der Waals surface area contributed by atoms with Crippen LogP contribution in [0.1, 0.15) is 18.1 Å². The Hall–Kier alpha value is -1.35. The molecule has 0 bridgehead atoms. The fraction of sp³-hybridized carbons (Fsp3) is 0.333. The van der Waals surface area contributed by atoms with Crippen molar-refractivity contribution in [3.63, 3.8) is 0 Å². The maximum absolute atomic E-state index is 13.6. The summed E-state index contributed by atoms with van der Waals surface area (Å²) in [5.74, 6) is -0.195. The summed E-state index contributed by atoms with van der Waals surface area (Å²) in [6.07, 6.45) is 2.21. The molecule has 0 spiro atoms. The van der Waals surface area contributed by atoms with E-state index in [2.05, 4.69) is 0 Å². The average Bonchev–Trinajstić information content (AvgIpc) is 2.59. The minimum atomic E-state index is -0.195. The summed E-state index contributed by atoms with van der Waals surface area (Å²) in [5.41, 5.74) is 8.01. The van der Waals surface area contributed by atoms with Crippen LogP contribution >= 0.6 is 0 Å². The molecule has 1 unspecified atom stereocenters. The lowest BCUT2D eigenvalue weighted by atomic mass is 9.99. The number of nitrogens with two attached hydrogens (primary N) is 1. The van der Waals surface area contributed by atoms with Gasteiger partial charge in [0.25, 0.3) is 0 Å². The average molecular weight is 207 g/mol. The first-order valence-corrected chi connectivity index (χ1v) is 5.00. The van der Waals surface area contributed by atoms with Gasteiger partial charge >= 0.3 is 0 Å². The predicted molar refractivity (Wildman–Crippen MR) is 58.3 cm³/mol. The Balaban J connectivity index is 2.66. The van der Waals surface area contributed by atoms with Crippen molar-refractivity contribution in [3.8, 4) is 0 Å². The third-order valence-corrected chi connectivity index (χ3v) is 2.59. The summed E-state index contributed by atoms with van der Waals surface area (Å²) < 4.78 is 18.9. The van der Waals surface area contributed by atoms with Crippen molar-refractivity contribution in [2.75, 3.05) is 0 Å². The first kappa shape index (κ1) is 10.2. The Morgan fingerprint density at radius 1 is 1.53 bits per heavy atom. The highest BCUT2D eigenvalue weighted by atomic mass is 19.1. The zero-order valence-corrected chi connectivity index (χ0v) is 8.88. The Kier molecular flexibility index (Phi) is 2.49. The predicted octanol–water partition coefficient (Wildman–Crippen LogP) is 2.77. The van der Waals surface area contributed by atoms with Gasteiger partial charge in [0.05, 0.1) is 6.26 Å². The van der Waals surface area contributed by atoms with Crippen molar-refractivity contribution in [1.82, 2.24) is 0 Å². The SMILES string of the molecule is Cc1c(F)cc2ccoc2c1CC(C)N. The molecule has 0 amide bonds. The highest BCUT2D eigenvalue weighted by Crippen LogP contribution is 2.26. The van der Waals surface area contributed by atoms with Crippen LogP contribution < -0.4 is 5.73 Å². The lowest BCUT2D eigenvalue weighted by molar-refractivity contribution is 0.592. The molecule has 15 heavy (non-hydrogen) atoms. The molecule has 2 nitrogen and oxygen atoms in total. The third kappa shape index (κ3) is 1.75. The van der Waals surface area contributed by atoms with Crippen molar-refractivity contribution >= 4 is 11.0 Å². The van der Waals surface area contributed by atoms with Crippen LogP contribution in [0, 0.1) is 12.7 Å². The molecule has 1 aromatic heterocycles. The van der Waals surface area contributed by atoms with Crippen LogP contribution in [-0.4, -0.2) is 6.04 Å². The van der Waals surface area contributed by atoms with E-state index in [4.69, 9.17) is 10.2 Å². The fourth-order valence-corrected chi connectivity index (χ4v) is 1.81. The van der Waals surface area contributed by atoms with Crippen LogP contribution in [0.3, 0.4) is 0 Å². The second-order valence-corrected chi connectivity index (χ2v) is 3.98. The number of fused-ring (bicyclic) bond motifs is 1. The minimum absolute atomic E-state index is 0.00111. The van der Waals surface area contributed by atoms with Gasteiger partial charge in [-0.2, -0.15) is 0 Å². The number of hydrogen-bond acceptors (Lipinski definition) is 2. The van der Waals surface area contributed by atoms with Gasteiger partial charge in [-0.1, -0.05) is 0 Å². The first-order chi connectivity index (χ1) is 7.09. The van der Waals surface area contributed by atoms with E-state index in [1.165, 1.54) is 6.07 Å².